The Morgan fingerprint density at radius 2 is 1.95 bits per heavy atom. The van der Waals surface area contributed by atoms with E-state index in [1.807, 2.05) is 11.3 Å². The van der Waals surface area contributed by atoms with Gasteiger partial charge in [-0.1, -0.05) is 50.6 Å². The van der Waals surface area contributed by atoms with E-state index >= 15 is 0 Å². The van der Waals surface area contributed by atoms with Crippen molar-refractivity contribution in [1.29, 1.82) is 0 Å². The highest BCUT2D eigenvalue weighted by molar-refractivity contribution is 7.10. The molecule has 1 aliphatic rings. The van der Waals surface area contributed by atoms with E-state index in [1.54, 1.807) is 0 Å². The first-order chi connectivity index (χ1) is 10.3. The molecule has 0 amide bonds. The van der Waals surface area contributed by atoms with Gasteiger partial charge in [0.25, 0.3) is 0 Å². The summed E-state index contributed by atoms with van der Waals surface area (Å²) in [4.78, 5) is 1.45. The Morgan fingerprint density at radius 1 is 1.14 bits per heavy atom. The summed E-state index contributed by atoms with van der Waals surface area (Å²) in [6.45, 7) is 5.76. The minimum absolute atomic E-state index is 0.706. The Labute approximate surface area is 132 Å². The second kappa shape index (κ2) is 6.76. The minimum atomic E-state index is 0.706. The number of rotatable bonds is 5. The van der Waals surface area contributed by atoms with Crippen molar-refractivity contribution in [1.82, 2.24) is 5.32 Å². The molecule has 3 unspecified atom stereocenters. The van der Waals surface area contributed by atoms with Crippen molar-refractivity contribution in [3.8, 4) is 11.1 Å². The number of thiophene rings is 1. The predicted octanol–water partition coefficient (Wildman–Crippen LogP) is 5.33. The third-order valence-corrected chi connectivity index (χ3v) is 5.99. The normalized spacial score (nSPS) is 25.3. The van der Waals surface area contributed by atoms with Crippen LogP contribution in [0, 0.1) is 11.8 Å². The first kappa shape index (κ1) is 14.8. The molecule has 1 aromatic heterocycles. The van der Waals surface area contributed by atoms with Gasteiger partial charge in [0.1, 0.15) is 0 Å². The molecule has 3 rings (SSSR count). The molecule has 21 heavy (non-hydrogen) atoms. The number of hydrogen-bond acceptors (Lipinski definition) is 2. The molecule has 1 aliphatic carbocycles. The lowest BCUT2D eigenvalue weighted by molar-refractivity contribution is 0.345. The lowest BCUT2D eigenvalue weighted by Crippen LogP contribution is -2.31. The average molecular weight is 299 g/mol. The van der Waals surface area contributed by atoms with Gasteiger partial charge >= 0.3 is 0 Å². The van der Waals surface area contributed by atoms with Crippen molar-refractivity contribution in [2.75, 3.05) is 0 Å². The largest absolute Gasteiger partial charge is 0.309 e. The van der Waals surface area contributed by atoms with Crippen molar-refractivity contribution >= 4 is 11.3 Å². The Kier molecular flexibility index (Phi) is 4.77. The summed E-state index contributed by atoms with van der Waals surface area (Å²) in [6, 6.07) is 13.7. The molecule has 1 fully saturated rings. The fraction of sp³-hybridized carbons (Fsp3) is 0.474. The maximum Gasteiger partial charge on any atom is 0.0302 e. The van der Waals surface area contributed by atoms with E-state index < -0.39 is 0 Å². The smallest absolute Gasteiger partial charge is 0.0302 e. The molecule has 0 bridgehead atoms. The van der Waals surface area contributed by atoms with Crippen LogP contribution in [-0.4, -0.2) is 6.04 Å². The van der Waals surface area contributed by atoms with Crippen LogP contribution >= 0.6 is 11.3 Å². The zero-order chi connectivity index (χ0) is 14.7. The van der Waals surface area contributed by atoms with Crippen molar-refractivity contribution in [3.63, 3.8) is 0 Å². The molecule has 1 aromatic carbocycles. The molecule has 0 radical (unpaired) electrons. The molecule has 1 saturated carbocycles. The zero-order valence-corrected chi connectivity index (χ0v) is 13.8. The number of benzene rings is 1. The third kappa shape index (κ3) is 3.38. The first-order valence-corrected chi connectivity index (χ1v) is 9.02. The summed E-state index contributed by atoms with van der Waals surface area (Å²) < 4.78 is 0. The molecule has 1 nitrogen and oxygen atoms in total. The summed E-state index contributed by atoms with van der Waals surface area (Å²) >= 11 is 1.87. The molecule has 0 saturated heterocycles. The van der Waals surface area contributed by atoms with Gasteiger partial charge in [-0.15, -0.1) is 11.3 Å². The minimum Gasteiger partial charge on any atom is -0.309 e. The molecule has 1 N–H and O–H groups in total. The molecule has 2 heteroatoms. The highest BCUT2D eigenvalue weighted by Gasteiger charge is 2.30. The van der Waals surface area contributed by atoms with E-state index in [-0.39, 0.29) is 0 Å². The summed E-state index contributed by atoms with van der Waals surface area (Å²) in [5.41, 5.74) is 2.67. The SMILES string of the molecule is CCC1CCC(NCc2cc(-c3ccccc3)cs2)C1C. The summed E-state index contributed by atoms with van der Waals surface area (Å²) in [5, 5.41) is 6.06. The molecule has 0 spiro atoms. The molecule has 0 aliphatic heterocycles. The van der Waals surface area contributed by atoms with Crippen molar-refractivity contribution < 1.29 is 0 Å². The first-order valence-electron chi connectivity index (χ1n) is 8.14. The van der Waals surface area contributed by atoms with Gasteiger partial charge in [0.2, 0.25) is 0 Å². The monoisotopic (exact) mass is 299 g/mol. The fourth-order valence-corrected chi connectivity index (χ4v) is 4.44. The van der Waals surface area contributed by atoms with Gasteiger partial charge in [-0.2, -0.15) is 0 Å². The van der Waals surface area contributed by atoms with Gasteiger partial charge in [-0.25, -0.2) is 0 Å². The van der Waals surface area contributed by atoms with Gasteiger partial charge in [0.05, 0.1) is 0 Å². The van der Waals surface area contributed by atoms with Gasteiger partial charge in [0, 0.05) is 17.5 Å². The number of nitrogens with one attached hydrogen (secondary N) is 1. The van der Waals surface area contributed by atoms with Crippen LogP contribution in [-0.2, 0) is 6.54 Å². The lowest BCUT2D eigenvalue weighted by Gasteiger charge is -2.20. The highest BCUT2D eigenvalue weighted by atomic mass is 32.1. The molecule has 112 valence electrons. The standard InChI is InChI=1S/C19H25NS/c1-3-15-9-10-19(14(15)2)20-12-18-11-17(13-21-18)16-7-5-4-6-8-16/h4-8,11,13-15,19-20H,3,9-10,12H2,1-2H3. The molecular formula is C19H25NS. The van der Waals surface area contributed by atoms with Crippen LogP contribution in [0.4, 0.5) is 0 Å². The molecule has 3 atom stereocenters. The van der Waals surface area contributed by atoms with Crippen molar-refractivity contribution in [3.05, 3.63) is 46.7 Å². The summed E-state index contributed by atoms with van der Waals surface area (Å²) in [7, 11) is 0. The second-order valence-electron chi connectivity index (χ2n) is 6.26. The number of hydrogen-bond donors (Lipinski definition) is 1. The lowest BCUT2D eigenvalue weighted by atomic mass is 9.93. The van der Waals surface area contributed by atoms with Crippen molar-refractivity contribution in [2.24, 2.45) is 11.8 Å². The Bertz CT molecular complexity index is 560. The van der Waals surface area contributed by atoms with Crippen LogP contribution < -0.4 is 5.32 Å². The Hall–Kier alpha value is -1.12. The summed E-state index contributed by atoms with van der Waals surface area (Å²) in [5.74, 6) is 1.74. The van der Waals surface area contributed by atoms with E-state index in [1.165, 1.54) is 35.3 Å². The highest BCUT2D eigenvalue weighted by Crippen LogP contribution is 2.34. The average Bonchev–Trinajstić information content (AvgIpc) is 3.13. The Balaban J connectivity index is 1.59. The van der Waals surface area contributed by atoms with Gasteiger partial charge in [0.15, 0.2) is 0 Å². The van der Waals surface area contributed by atoms with E-state index in [2.05, 4.69) is 60.9 Å². The van der Waals surface area contributed by atoms with Crippen LogP contribution in [0.3, 0.4) is 0 Å². The quantitative estimate of drug-likeness (QED) is 0.787. The topological polar surface area (TPSA) is 12.0 Å². The van der Waals surface area contributed by atoms with Gasteiger partial charge in [-0.3, -0.25) is 0 Å². The van der Waals surface area contributed by atoms with Gasteiger partial charge in [-0.05, 0) is 47.3 Å². The van der Waals surface area contributed by atoms with Crippen LogP contribution in [0.1, 0.15) is 38.0 Å². The Morgan fingerprint density at radius 3 is 2.67 bits per heavy atom. The third-order valence-electron chi connectivity index (χ3n) is 5.05. The van der Waals surface area contributed by atoms with Crippen LogP contribution in [0.25, 0.3) is 11.1 Å². The maximum atomic E-state index is 3.79. The van der Waals surface area contributed by atoms with Crippen LogP contribution in [0.2, 0.25) is 0 Å². The zero-order valence-electron chi connectivity index (χ0n) is 13.0. The predicted molar refractivity (Wildman–Crippen MR) is 92.6 cm³/mol. The van der Waals surface area contributed by atoms with E-state index in [0.717, 1.165) is 18.4 Å². The maximum absolute atomic E-state index is 3.79. The second-order valence-corrected chi connectivity index (χ2v) is 7.26. The van der Waals surface area contributed by atoms with E-state index in [0.29, 0.717) is 6.04 Å². The van der Waals surface area contributed by atoms with Crippen LogP contribution in [0.5, 0.6) is 0 Å². The van der Waals surface area contributed by atoms with Gasteiger partial charge < -0.3 is 5.32 Å². The van der Waals surface area contributed by atoms with Crippen molar-refractivity contribution in [2.45, 2.75) is 45.7 Å². The van der Waals surface area contributed by atoms with E-state index in [9.17, 15) is 0 Å². The van der Waals surface area contributed by atoms with E-state index in [4.69, 9.17) is 0 Å². The van der Waals surface area contributed by atoms with Crippen LogP contribution in [0.15, 0.2) is 41.8 Å². The molecule has 1 heterocycles. The molecule has 2 aromatic rings. The molecular weight excluding hydrogens is 274 g/mol. The fourth-order valence-electron chi connectivity index (χ4n) is 3.60. The summed E-state index contributed by atoms with van der Waals surface area (Å²) in [6.07, 6.45) is 4.07.